The van der Waals surface area contributed by atoms with Crippen LogP contribution >= 0.6 is 8.25 Å². The van der Waals surface area contributed by atoms with E-state index in [-0.39, 0.29) is 5.76 Å². The Balaban J connectivity index is 2.32. The molecular weight excluding hydrogens is 313 g/mol. The van der Waals surface area contributed by atoms with Gasteiger partial charge in [0.05, 0.1) is 11.4 Å². The number of rotatable bonds is 5. The normalized spacial score (nSPS) is 20.8. The first-order valence-corrected chi connectivity index (χ1v) is 7.80. The van der Waals surface area contributed by atoms with Crippen LogP contribution in [0, 0.1) is 0 Å². The number of hydrogen-bond acceptors (Lipinski definition) is 6. The topological polar surface area (TPSA) is 99.4 Å². The van der Waals surface area contributed by atoms with Crippen LogP contribution in [-0.2, 0) is 9.09 Å². The molecule has 1 unspecified atom stereocenters. The zero-order valence-electron chi connectivity index (χ0n) is 12.2. The summed E-state index contributed by atoms with van der Waals surface area (Å²) in [7, 11) is -3.00. The highest BCUT2D eigenvalue weighted by Crippen LogP contribution is 2.26. The summed E-state index contributed by atoms with van der Waals surface area (Å²) < 4.78 is 15.7. The highest BCUT2D eigenvalue weighted by Gasteiger charge is 2.17. The summed E-state index contributed by atoms with van der Waals surface area (Å²) in [6.45, 7) is 3.94. The van der Waals surface area contributed by atoms with Crippen LogP contribution in [0.5, 0.6) is 0 Å². The maximum absolute atomic E-state index is 10.8. The maximum atomic E-state index is 10.8. The second-order valence-electron chi connectivity index (χ2n) is 4.50. The second kappa shape index (κ2) is 7.98. The maximum Gasteiger partial charge on any atom is 0.539 e. The Bertz CT molecular complexity index is 725. The molecule has 0 saturated carbocycles. The monoisotopic (exact) mass is 329 g/mol. The Morgan fingerprint density at radius 1 is 1.30 bits per heavy atom. The van der Waals surface area contributed by atoms with Gasteiger partial charge in [-0.3, -0.25) is 4.52 Å². The lowest BCUT2D eigenvalue weighted by molar-refractivity contribution is -0.182. The van der Waals surface area contributed by atoms with Crippen molar-refractivity contribution in [1.29, 1.82) is 0 Å². The Hall–Kier alpha value is -2.82. The number of hydrogen-bond donors (Lipinski definition) is 3. The molecule has 4 N–H and O–H groups in total. The molecule has 0 aromatic rings. The molecule has 2 aliphatic heterocycles. The quantitative estimate of drug-likeness (QED) is 0.526. The summed E-state index contributed by atoms with van der Waals surface area (Å²) in [5.41, 5.74) is 7.98. The number of allylic oxidation sites excluding steroid dienone is 8. The zero-order chi connectivity index (χ0) is 16.7. The molecule has 0 fully saturated rings. The van der Waals surface area contributed by atoms with E-state index in [9.17, 15) is 9.46 Å². The van der Waals surface area contributed by atoms with E-state index in [2.05, 4.69) is 17.2 Å². The molecule has 7 heteroatoms. The molecule has 2 heterocycles. The molecule has 0 radical (unpaired) electrons. The van der Waals surface area contributed by atoms with Gasteiger partial charge in [0.2, 0.25) is 0 Å². The molecule has 1 atom stereocenters. The molecule has 6 nitrogen and oxygen atoms in total. The predicted octanol–water partition coefficient (Wildman–Crippen LogP) is 1.86. The van der Waals surface area contributed by atoms with Crippen LogP contribution in [0.3, 0.4) is 0 Å². The van der Waals surface area contributed by atoms with E-state index in [1.807, 2.05) is 18.2 Å². The fraction of sp³-hybridized carbons (Fsp3) is 0. The van der Waals surface area contributed by atoms with Gasteiger partial charge in [-0.2, -0.15) is 0 Å². The smallest absolute Gasteiger partial charge is 0.539 e. The summed E-state index contributed by atoms with van der Waals surface area (Å²) in [6.07, 6.45) is 17.0. The molecule has 23 heavy (non-hydrogen) atoms. The van der Waals surface area contributed by atoms with Gasteiger partial charge in [0.15, 0.2) is 5.76 Å². The minimum atomic E-state index is -3.00. The van der Waals surface area contributed by atoms with Crippen molar-refractivity contribution in [2.75, 3.05) is 0 Å². The van der Waals surface area contributed by atoms with E-state index >= 15 is 0 Å². The van der Waals surface area contributed by atoms with E-state index in [1.165, 1.54) is 6.20 Å². The van der Waals surface area contributed by atoms with Crippen LogP contribution in [0.25, 0.3) is 0 Å². The molecule has 2 rings (SSSR count). The van der Waals surface area contributed by atoms with E-state index < -0.39 is 8.25 Å². The van der Waals surface area contributed by atoms with Crippen molar-refractivity contribution in [2.45, 2.75) is 0 Å². The molecule has 118 valence electrons. The lowest BCUT2D eigenvalue weighted by Crippen LogP contribution is -2.22. The van der Waals surface area contributed by atoms with E-state index in [1.54, 1.807) is 36.6 Å². The SMILES string of the molecule is C=C(/C=C\C=C/N)C1=CC(O[P+](=O)[O-])=CC(=C2C=CC=CN2)N1. The molecule has 0 aromatic carbocycles. The van der Waals surface area contributed by atoms with Gasteiger partial charge in [-0.25, -0.2) is 0 Å². The molecule has 0 aromatic heterocycles. The van der Waals surface area contributed by atoms with Crippen LogP contribution in [0.1, 0.15) is 0 Å². The van der Waals surface area contributed by atoms with Crippen molar-refractivity contribution in [3.05, 3.63) is 96.0 Å². The standard InChI is InChI=1S/C16H16N3O3P/c1-12(6-2-4-8-17)15-10-13(22-23(20)21)11-16(19-15)14-7-3-5-9-18-14/h2-11,18-19H,1,17H2/b6-2-,8-4-,16-14?. The molecule has 0 saturated heterocycles. The fourth-order valence-electron chi connectivity index (χ4n) is 1.89. The van der Waals surface area contributed by atoms with Crippen molar-refractivity contribution < 1.29 is 14.0 Å². The third kappa shape index (κ3) is 4.85. The summed E-state index contributed by atoms with van der Waals surface area (Å²) in [4.78, 5) is 10.8. The molecule has 0 bridgehead atoms. The molecular formula is C16H16N3O3P. The Morgan fingerprint density at radius 3 is 2.78 bits per heavy atom. The van der Waals surface area contributed by atoms with Crippen molar-refractivity contribution >= 4 is 8.25 Å². The predicted molar refractivity (Wildman–Crippen MR) is 88.0 cm³/mol. The Labute approximate surface area is 135 Å². The average molecular weight is 329 g/mol. The van der Waals surface area contributed by atoms with Gasteiger partial charge in [-0.05, 0) is 34.6 Å². The van der Waals surface area contributed by atoms with Crippen LogP contribution in [-0.4, -0.2) is 0 Å². The third-order valence-corrected chi connectivity index (χ3v) is 3.25. The first kappa shape index (κ1) is 16.5. The zero-order valence-corrected chi connectivity index (χ0v) is 13.1. The van der Waals surface area contributed by atoms with Crippen LogP contribution in [0.2, 0.25) is 0 Å². The van der Waals surface area contributed by atoms with Gasteiger partial charge in [-0.15, -0.1) is 0 Å². The van der Waals surface area contributed by atoms with Crippen LogP contribution in [0.15, 0.2) is 96.0 Å². The Kier molecular flexibility index (Phi) is 5.74. The summed E-state index contributed by atoms with van der Waals surface area (Å²) in [6, 6.07) is 0. The van der Waals surface area contributed by atoms with Gasteiger partial charge in [0, 0.05) is 24.0 Å². The summed E-state index contributed by atoms with van der Waals surface area (Å²) in [5.74, 6) is 0.200. The van der Waals surface area contributed by atoms with E-state index in [0.29, 0.717) is 17.0 Å². The fourth-order valence-corrected chi connectivity index (χ4v) is 2.16. The molecule has 0 aliphatic carbocycles. The van der Waals surface area contributed by atoms with Gasteiger partial charge in [0.1, 0.15) is 0 Å². The van der Waals surface area contributed by atoms with Crippen molar-refractivity contribution in [3.8, 4) is 0 Å². The highest BCUT2D eigenvalue weighted by molar-refractivity contribution is 7.30. The first-order chi connectivity index (χ1) is 11.1. The van der Waals surface area contributed by atoms with Crippen molar-refractivity contribution in [3.63, 3.8) is 0 Å². The molecule has 0 spiro atoms. The highest BCUT2D eigenvalue weighted by atomic mass is 31.1. The lowest BCUT2D eigenvalue weighted by Gasteiger charge is -2.20. The lowest BCUT2D eigenvalue weighted by atomic mass is 10.1. The number of dihydropyridines is 2. The minimum Gasteiger partial charge on any atom is -0.558 e. The van der Waals surface area contributed by atoms with Crippen molar-refractivity contribution in [1.82, 2.24) is 10.6 Å². The van der Waals surface area contributed by atoms with Crippen LogP contribution in [0.4, 0.5) is 0 Å². The Morgan fingerprint density at radius 2 is 2.13 bits per heavy atom. The number of nitrogens with two attached hydrogens (primary N) is 1. The summed E-state index contributed by atoms with van der Waals surface area (Å²) in [5, 5.41) is 6.26. The third-order valence-electron chi connectivity index (χ3n) is 2.89. The average Bonchev–Trinajstić information content (AvgIpc) is 2.55. The first-order valence-electron chi connectivity index (χ1n) is 6.71. The minimum absolute atomic E-state index is 0.200. The van der Waals surface area contributed by atoms with Gasteiger partial charge < -0.3 is 21.3 Å². The number of nitrogens with one attached hydrogen (secondary N) is 2. The summed E-state index contributed by atoms with van der Waals surface area (Å²) >= 11 is 0. The largest absolute Gasteiger partial charge is 0.558 e. The van der Waals surface area contributed by atoms with Gasteiger partial charge in [0.25, 0.3) is 0 Å². The van der Waals surface area contributed by atoms with Gasteiger partial charge in [-0.1, -0.05) is 24.8 Å². The van der Waals surface area contributed by atoms with Gasteiger partial charge >= 0.3 is 8.25 Å². The van der Waals surface area contributed by atoms with E-state index in [0.717, 1.165) is 5.70 Å². The van der Waals surface area contributed by atoms with E-state index in [4.69, 9.17) is 10.3 Å². The van der Waals surface area contributed by atoms with Crippen molar-refractivity contribution in [2.24, 2.45) is 5.73 Å². The molecule has 0 amide bonds. The van der Waals surface area contributed by atoms with Crippen LogP contribution < -0.4 is 21.3 Å². The molecule has 2 aliphatic rings. The second-order valence-corrected chi connectivity index (χ2v) is 5.13.